The summed E-state index contributed by atoms with van der Waals surface area (Å²) in [7, 11) is 0. The number of rotatable bonds is 4. The molecule has 6 heteroatoms. The molecule has 2 aromatic rings. The van der Waals surface area contributed by atoms with Crippen molar-refractivity contribution in [3.63, 3.8) is 0 Å². The lowest BCUT2D eigenvalue weighted by atomic mass is 10.2. The van der Waals surface area contributed by atoms with Gasteiger partial charge in [-0.05, 0) is 50.1 Å². The molecule has 0 N–H and O–H groups in total. The molecule has 0 saturated carbocycles. The van der Waals surface area contributed by atoms with Crippen LogP contribution in [0.1, 0.15) is 17.4 Å². The molecule has 3 nitrogen and oxygen atoms in total. The molecule has 22 heavy (non-hydrogen) atoms. The lowest BCUT2D eigenvalue weighted by molar-refractivity contribution is -0.0442. The first-order chi connectivity index (χ1) is 10.6. The largest absolute Gasteiger partial charge is 0.486 e. The molecule has 0 radical (unpaired) electrons. The number of hydrogen-bond donors (Lipinski definition) is 0. The summed E-state index contributed by atoms with van der Waals surface area (Å²) < 4.78 is 18.6. The highest BCUT2D eigenvalue weighted by atomic mass is 79.9. The highest BCUT2D eigenvalue weighted by molar-refractivity contribution is 9.11. The van der Waals surface area contributed by atoms with Crippen molar-refractivity contribution in [2.24, 2.45) is 0 Å². The van der Waals surface area contributed by atoms with Crippen molar-refractivity contribution >= 4 is 43.5 Å². The summed E-state index contributed by atoms with van der Waals surface area (Å²) in [5, 5.41) is 0.694. The Morgan fingerprint density at radius 2 is 1.73 bits per heavy atom. The molecule has 1 aliphatic rings. The zero-order valence-corrected chi connectivity index (χ0v) is 15.4. The van der Waals surface area contributed by atoms with Crippen LogP contribution in [0.5, 0.6) is 5.75 Å². The maximum absolute atomic E-state index is 6.14. The van der Waals surface area contributed by atoms with E-state index in [-0.39, 0.29) is 6.29 Å². The summed E-state index contributed by atoms with van der Waals surface area (Å²) >= 11 is 13.2. The van der Waals surface area contributed by atoms with Gasteiger partial charge in [0.2, 0.25) is 0 Å². The third kappa shape index (κ3) is 3.66. The van der Waals surface area contributed by atoms with Gasteiger partial charge in [0.1, 0.15) is 12.4 Å². The molecule has 1 saturated heterocycles. The fourth-order valence-corrected chi connectivity index (χ4v) is 3.81. The summed E-state index contributed by atoms with van der Waals surface area (Å²) in [6.45, 7) is 1.63. The minimum atomic E-state index is -0.315. The van der Waals surface area contributed by atoms with Crippen LogP contribution in [-0.2, 0) is 16.1 Å². The normalized spacial score (nSPS) is 15.2. The Balaban J connectivity index is 1.78. The van der Waals surface area contributed by atoms with Gasteiger partial charge in [0.15, 0.2) is 6.29 Å². The van der Waals surface area contributed by atoms with Crippen LogP contribution < -0.4 is 4.74 Å². The molecule has 0 amide bonds. The maximum atomic E-state index is 6.14. The van der Waals surface area contributed by atoms with Crippen molar-refractivity contribution in [2.45, 2.75) is 12.9 Å². The van der Waals surface area contributed by atoms with E-state index in [1.165, 1.54) is 0 Å². The summed E-state index contributed by atoms with van der Waals surface area (Å²) in [6.07, 6.45) is -0.315. The molecule has 0 bridgehead atoms. The van der Waals surface area contributed by atoms with Crippen molar-refractivity contribution in [3.05, 3.63) is 61.5 Å². The molecule has 1 heterocycles. The van der Waals surface area contributed by atoms with E-state index >= 15 is 0 Å². The van der Waals surface area contributed by atoms with E-state index in [0.717, 1.165) is 25.8 Å². The van der Waals surface area contributed by atoms with E-state index in [9.17, 15) is 0 Å². The standard InChI is InChI=1S/C16H13Br2ClO3/c17-12-7-11(16-20-5-6-21-16)8-13(18)15(12)22-9-10-3-1-2-4-14(10)19/h1-4,7-8,16H,5-6,9H2. The molecule has 2 aromatic carbocycles. The highest BCUT2D eigenvalue weighted by Gasteiger charge is 2.21. The molecule has 0 atom stereocenters. The Hall–Kier alpha value is -0.590. The van der Waals surface area contributed by atoms with E-state index in [4.69, 9.17) is 25.8 Å². The quantitative estimate of drug-likeness (QED) is 0.619. The van der Waals surface area contributed by atoms with E-state index in [1.807, 2.05) is 36.4 Å². The maximum Gasteiger partial charge on any atom is 0.184 e. The van der Waals surface area contributed by atoms with Crippen LogP contribution in [0.4, 0.5) is 0 Å². The molecule has 1 fully saturated rings. The third-order valence-electron chi connectivity index (χ3n) is 3.24. The Bertz CT molecular complexity index is 649. The van der Waals surface area contributed by atoms with Gasteiger partial charge in [-0.25, -0.2) is 0 Å². The van der Waals surface area contributed by atoms with Gasteiger partial charge in [0.05, 0.1) is 22.2 Å². The molecule has 0 unspecified atom stereocenters. The van der Waals surface area contributed by atoms with Crippen molar-refractivity contribution in [3.8, 4) is 5.75 Å². The van der Waals surface area contributed by atoms with Crippen molar-refractivity contribution in [1.29, 1.82) is 0 Å². The van der Waals surface area contributed by atoms with Crippen LogP contribution in [0.2, 0.25) is 5.02 Å². The van der Waals surface area contributed by atoms with Crippen LogP contribution in [-0.4, -0.2) is 13.2 Å². The number of benzene rings is 2. The Kier molecular flexibility index (Phi) is 5.42. The van der Waals surface area contributed by atoms with Crippen molar-refractivity contribution in [2.75, 3.05) is 13.2 Å². The fraction of sp³-hybridized carbons (Fsp3) is 0.250. The number of halogens is 3. The molecular formula is C16H13Br2ClO3. The van der Waals surface area contributed by atoms with Crippen molar-refractivity contribution < 1.29 is 14.2 Å². The van der Waals surface area contributed by atoms with Crippen LogP contribution in [0, 0.1) is 0 Å². The summed E-state index contributed by atoms with van der Waals surface area (Å²) in [6, 6.07) is 11.5. The second-order valence-corrected chi connectivity index (χ2v) is 6.88. The number of ether oxygens (including phenoxy) is 3. The van der Waals surface area contributed by atoms with Gasteiger partial charge in [0, 0.05) is 16.1 Å². The molecule has 116 valence electrons. The summed E-state index contributed by atoms with van der Waals surface area (Å²) in [5.41, 5.74) is 1.89. The van der Waals surface area contributed by atoms with Gasteiger partial charge >= 0.3 is 0 Å². The smallest absolute Gasteiger partial charge is 0.184 e. The van der Waals surface area contributed by atoms with E-state index in [1.54, 1.807) is 0 Å². The predicted octanol–water partition coefficient (Wildman–Crippen LogP) is 5.49. The topological polar surface area (TPSA) is 27.7 Å². The SMILES string of the molecule is Clc1ccccc1COc1c(Br)cc(C2OCCO2)cc1Br. The molecular weight excluding hydrogens is 435 g/mol. The molecule has 3 rings (SSSR count). The monoisotopic (exact) mass is 446 g/mol. The Morgan fingerprint density at radius 1 is 1.09 bits per heavy atom. The van der Waals surface area contributed by atoms with Gasteiger partial charge in [-0.3, -0.25) is 0 Å². The van der Waals surface area contributed by atoms with E-state index in [2.05, 4.69) is 31.9 Å². The Morgan fingerprint density at radius 3 is 2.36 bits per heavy atom. The summed E-state index contributed by atoms with van der Waals surface area (Å²) in [5.74, 6) is 0.724. The summed E-state index contributed by atoms with van der Waals surface area (Å²) in [4.78, 5) is 0. The molecule has 0 aliphatic carbocycles. The predicted molar refractivity (Wildman–Crippen MR) is 92.3 cm³/mol. The lowest BCUT2D eigenvalue weighted by Crippen LogP contribution is -2.01. The van der Waals surface area contributed by atoms with Gasteiger partial charge in [0.25, 0.3) is 0 Å². The van der Waals surface area contributed by atoms with Crippen LogP contribution in [0.15, 0.2) is 45.3 Å². The Labute approximate surface area is 150 Å². The average molecular weight is 449 g/mol. The van der Waals surface area contributed by atoms with Gasteiger partial charge < -0.3 is 14.2 Å². The van der Waals surface area contributed by atoms with Crippen molar-refractivity contribution in [1.82, 2.24) is 0 Å². The van der Waals surface area contributed by atoms with E-state index in [0.29, 0.717) is 24.8 Å². The van der Waals surface area contributed by atoms with Crippen LogP contribution in [0.25, 0.3) is 0 Å². The second-order valence-electron chi connectivity index (χ2n) is 4.77. The fourth-order valence-electron chi connectivity index (χ4n) is 2.17. The highest BCUT2D eigenvalue weighted by Crippen LogP contribution is 2.38. The molecule has 0 spiro atoms. The lowest BCUT2D eigenvalue weighted by Gasteiger charge is -2.15. The van der Waals surface area contributed by atoms with Gasteiger partial charge in [-0.15, -0.1) is 0 Å². The van der Waals surface area contributed by atoms with Crippen LogP contribution in [0.3, 0.4) is 0 Å². The first-order valence-electron chi connectivity index (χ1n) is 6.73. The molecule has 1 aliphatic heterocycles. The third-order valence-corrected chi connectivity index (χ3v) is 4.79. The first-order valence-corrected chi connectivity index (χ1v) is 8.70. The van der Waals surface area contributed by atoms with E-state index < -0.39 is 0 Å². The van der Waals surface area contributed by atoms with Gasteiger partial charge in [-0.2, -0.15) is 0 Å². The average Bonchev–Trinajstić information content (AvgIpc) is 3.02. The second kappa shape index (κ2) is 7.32. The van der Waals surface area contributed by atoms with Crippen LogP contribution >= 0.6 is 43.5 Å². The minimum absolute atomic E-state index is 0.315. The molecule has 0 aromatic heterocycles. The first kappa shape index (κ1) is 16.3. The minimum Gasteiger partial charge on any atom is -0.486 e. The van der Waals surface area contributed by atoms with Gasteiger partial charge in [-0.1, -0.05) is 29.8 Å². The number of hydrogen-bond acceptors (Lipinski definition) is 3. The zero-order valence-electron chi connectivity index (χ0n) is 11.5. The zero-order chi connectivity index (χ0) is 15.5.